The Labute approximate surface area is 290 Å². The number of furan rings is 3. The van der Waals surface area contributed by atoms with Crippen molar-refractivity contribution in [1.29, 1.82) is 0 Å². The summed E-state index contributed by atoms with van der Waals surface area (Å²) in [5.74, 6) is 1.66. The standard InChI is InChI=1S/C45H25N3O3/c1-2-11-26(12-3-1)43-46-44(34-18-10-22-38-40(34)33-14-5-7-21-37(33)49-38)48-45(47-43)35-19-9-17-32-31-16-8-15-28(41(31)51-42(32)35)27-23-24-30-29-13-4-6-20-36(29)50-39(30)25-27/h1-25H. The van der Waals surface area contributed by atoms with E-state index in [1.54, 1.807) is 0 Å². The van der Waals surface area contributed by atoms with Crippen molar-refractivity contribution in [2.75, 3.05) is 0 Å². The second kappa shape index (κ2) is 10.7. The van der Waals surface area contributed by atoms with Crippen LogP contribution in [0, 0.1) is 0 Å². The molecule has 0 radical (unpaired) electrons. The van der Waals surface area contributed by atoms with Gasteiger partial charge >= 0.3 is 0 Å². The first-order valence-electron chi connectivity index (χ1n) is 16.9. The Bertz CT molecular complexity index is 3150. The fourth-order valence-electron chi connectivity index (χ4n) is 7.41. The predicted octanol–water partition coefficient (Wildman–Crippen LogP) is 12.2. The van der Waals surface area contributed by atoms with E-state index in [1.807, 2.05) is 97.1 Å². The van der Waals surface area contributed by atoms with Crippen molar-refractivity contribution in [3.05, 3.63) is 152 Å². The summed E-state index contributed by atoms with van der Waals surface area (Å²) in [5, 5.41) is 6.18. The Hall–Kier alpha value is -7.05. The van der Waals surface area contributed by atoms with Crippen LogP contribution in [0.15, 0.2) is 165 Å². The van der Waals surface area contributed by atoms with E-state index in [9.17, 15) is 0 Å². The van der Waals surface area contributed by atoms with E-state index < -0.39 is 0 Å². The zero-order valence-corrected chi connectivity index (χ0v) is 27.0. The number of aromatic nitrogens is 3. The van der Waals surface area contributed by atoms with Crippen molar-refractivity contribution >= 4 is 65.8 Å². The van der Waals surface area contributed by atoms with E-state index in [0.29, 0.717) is 23.1 Å². The second-order valence-corrected chi connectivity index (χ2v) is 12.7. The topological polar surface area (TPSA) is 78.1 Å². The van der Waals surface area contributed by atoms with E-state index >= 15 is 0 Å². The molecule has 0 fully saturated rings. The molecule has 0 saturated carbocycles. The second-order valence-electron chi connectivity index (χ2n) is 12.7. The van der Waals surface area contributed by atoms with Gasteiger partial charge in [-0.1, -0.05) is 115 Å². The highest BCUT2D eigenvalue weighted by molar-refractivity contribution is 6.14. The Morgan fingerprint density at radius 3 is 1.69 bits per heavy atom. The minimum absolute atomic E-state index is 0.526. The fourth-order valence-corrected chi connectivity index (χ4v) is 7.41. The quantitative estimate of drug-likeness (QED) is 0.188. The predicted molar refractivity (Wildman–Crippen MR) is 203 cm³/mol. The van der Waals surface area contributed by atoms with Crippen LogP contribution in [0.2, 0.25) is 0 Å². The van der Waals surface area contributed by atoms with Gasteiger partial charge < -0.3 is 13.3 Å². The van der Waals surface area contributed by atoms with E-state index in [0.717, 1.165) is 88.0 Å². The number of nitrogens with zero attached hydrogens (tertiary/aromatic N) is 3. The van der Waals surface area contributed by atoms with Crippen molar-refractivity contribution in [1.82, 2.24) is 15.0 Å². The number of fused-ring (bicyclic) bond motifs is 9. The number of rotatable bonds is 4. The largest absolute Gasteiger partial charge is 0.456 e. The first-order valence-corrected chi connectivity index (χ1v) is 16.9. The van der Waals surface area contributed by atoms with E-state index in [1.165, 1.54) is 0 Å². The minimum Gasteiger partial charge on any atom is -0.456 e. The maximum Gasteiger partial charge on any atom is 0.167 e. The Morgan fingerprint density at radius 1 is 0.314 bits per heavy atom. The summed E-state index contributed by atoms with van der Waals surface area (Å²) in [6.07, 6.45) is 0. The van der Waals surface area contributed by atoms with Crippen molar-refractivity contribution in [3.63, 3.8) is 0 Å². The van der Waals surface area contributed by atoms with Crippen LogP contribution in [0.1, 0.15) is 0 Å². The molecule has 0 unspecified atom stereocenters. The number of hydrogen-bond donors (Lipinski definition) is 0. The van der Waals surface area contributed by atoms with Crippen LogP contribution >= 0.6 is 0 Å². The highest BCUT2D eigenvalue weighted by Gasteiger charge is 2.21. The number of para-hydroxylation sites is 4. The highest BCUT2D eigenvalue weighted by atomic mass is 16.3. The maximum atomic E-state index is 6.86. The summed E-state index contributed by atoms with van der Waals surface area (Å²) >= 11 is 0. The van der Waals surface area contributed by atoms with Gasteiger partial charge in [-0.3, -0.25) is 0 Å². The van der Waals surface area contributed by atoms with Crippen LogP contribution in [0.5, 0.6) is 0 Å². The minimum atomic E-state index is 0.526. The van der Waals surface area contributed by atoms with E-state index in [2.05, 4.69) is 54.6 Å². The molecule has 51 heavy (non-hydrogen) atoms. The molecule has 0 bridgehead atoms. The summed E-state index contributed by atoms with van der Waals surface area (Å²) < 4.78 is 19.3. The van der Waals surface area contributed by atoms with E-state index in [4.69, 9.17) is 28.2 Å². The third kappa shape index (κ3) is 4.26. The molecule has 7 aromatic carbocycles. The Kier molecular flexibility index (Phi) is 5.86. The highest BCUT2D eigenvalue weighted by Crippen LogP contribution is 2.42. The van der Waals surface area contributed by atoms with Gasteiger partial charge in [-0.15, -0.1) is 0 Å². The molecular formula is C45H25N3O3. The average molecular weight is 656 g/mol. The molecule has 0 amide bonds. The van der Waals surface area contributed by atoms with Gasteiger partial charge in [0, 0.05) is 49.0 Å². The maximum absolute atomic E-state index is 6.86. The lowest BCUT2D eigenvalue weighted by Crippen LogP contribution is -2.00. The molecule has 11 rings (SSSR count). The van der Waals surface area contributed by atoms with Gasteiger partial charge in [-0.2, -0.15) is 0 Å². The first-order chi connectivity index (χ1) is 25.3. The molecule has 4 aromatic heterocycles. The van der Waals surface area contributed by atoms with E-state index in [-0.39, 0.29) is 0 Å². The third-order valence-corrected chi connectivity index (χ3v) is 9.77. The smallest absolute Gasteiger partial charge is 0.167 e. The molecule has 0 atom stereocenters. The van der Waals surface area contributed by atoms with Gasteiger partial charge in [0.05, 0.1) is 5.56 Å². The van der Waals surface area contributed by atoms with Gasteiger partial charge in [0.15, 0.2) is 17.5 Å². The van der Waals surface area contributed by atoms with Gasteiger partial charge in [0.2, 0.25) is 0 Å². The molecule has 0 aliphatic carbocycles. The third-order valence-electron chi connectivity index (χ3n) is 9.77. The van der Waals surface area contributed by atoms with Crippen molar-refractivity contribution in [2.24, 2.45) is 0 Å². The summed E-state index contributed by atoms with van der Waals surface area (Å²) in [7, 11) is 0. The van der Waals surface area contributed by atoms with Gasteiger partial charge in [0.25, 0.3) is 0 Å². The summed E-state index contributed by atoms with van der Waals surface area (Å²) in [5.41, 5.74) is 9.38. The number of hydrogen-bond acceptors (Lipinski definition) is 6. The monoisotopic (exact) mass is 655 g/mol. The van der Waals surface area contributed by atoms with Crippen LogP contribution < -0.4 is 0 Å². The van der Waals surface area contributed by atoms with Crippen LogP contribution in [0.3, 0.4) is 0 Å². The zero-order chi connectivity index (χ0) is 33.5. The molecular weight excluding hydrogens is 631 g/mol. The molecule has 11 aromatic rings. The van der Waals surface area contributed by atoms with Gasteiger partial charge in [-0.25, -0.2) is 15.0 Å². The van der Waals surface area contributed by atoms with Crippen LogP contribution in [0.4, 0.5) is 0 Å². The van der Waals surface area contributed by atoms with Crippen molar-refractivity contribution in [3.8, 4) is 45.3 Å². The normalized spacial score (nSPS) is 11.9. The molecule has 0 N–H and O–H groups in total. The summed E-state index contributed by atoms with van der Waals surface area (Å²) in [6.45, 7) is 0. The van der Waals surface area contributed by atoms with Crippen LogP contribution in [0.25, 0.3) is 111 Å². The lowest BCUT2D eigenvalue weighted by molar-refractivity contribution is 0.668. The number of benzene rings is 7. The summed E-state index contributed by atoms with van der Waals surface area (Å²) in [4.78, 5) is 15.3. The lowest BCUT2D eigenvalue weighted by Gasteiger charge is -2.09. The van der Waals surface area contributed by atoms with Crippen molar-refractivity contribution < 1.29 is 13.3 Å². The molecule has 6 heteroatoms. The molecule has 0 aliphatic rings. The SMILES string of the molecule is c1ccc(-c2nc(-c3cccc4c3oc3c(-c5ccc6c(c5)oc5ccccc56)cccc34)nc(-c3cccc4oc5ccccc5c34)n2)cc1. The fraction of sp³-hybridized carbons (Fsp3) is 0. The Balaban J connectivity index is 1.13. The van der Waals surface area contributed by atoms with Gasteiger partial charge in [-0.05, 0) is 42.0 Å². The van der Waals surface area contributed by atoms with Crippen LogP contribution in [-0.2, 0) is 0 Å². The average Bonchev–Trinajstić information content (AvgIpc) is 3.89. The molecule has 4 heterocycles. The van der Waals surface area contributed by atoms with Crippen LogP contribution in [-0.4, -0.2) is 15.0 Å². The summed E-state index contributed by atoms with van der Waals surface area (Å²) in [6, 6.07) is 51.0. The van der Waals surface area contributed by atoms with Gasteiger partial charge in [0.1, 0.15) is 33.5 Å². The van der Waals surface area contributed by atoms with Crippen molar-refractivity contribution in [2.45, 2.75) is 0 Å². The zero-order valence-electron chi connectivity index (χ0n) is 27.0. The Morgan fingerprint density at radius 2 is 0.863 bits per heavy atom. The molecule has 0 spiro atoms. The first kappa shape index (κ1) is 27.9. The molecule has 0 saturated heterocycles. The molecule has 0 aliphatic heterocycles. The lowest BCUT2D eigenvalue weighted by atomic mass is 10.0. The molecule has 238 valence electrons. The molecule has 6 nitrogen and oxygen atoms in total.